The van der Waals surface area contributed by atoms with E-state index in [2.05, 4.69) is 5.32 Å². The molecule has 0 unspecified atom stereocenters. The lowest BCUT2D eigenvalue weighted by Crippen LogP contribution is -2.04. The van der Waals surface area contributed by atoms with Crippen molar-refractivity contribution in [2.75, 3.05) is 7.05 Å². The van der Waals surface area contributed by atoms with Gasteiger partial charge in [-0.2, -0.15) is 0 Å². The van der Waals surface area contributed by atoms with E-state index in [1.54, 1.807) is 6.07 Å². The van der Waals surface area contributed by atoms with Gasteiger partial charge in [-0.3, -0.25) is 0 Å². The smallest absolute Gasteiger partial charge is 0.117 e. The zero-order valence-electron chi connectivity index (χ0n) is 6.26. The molecule has 2 N–H and O–H groups in total. The molecule has 0 amide bonds. The van der Waals surface area contributed by atoms with Crippen LogP contribution in [0.3, 0.4) is 0 Å². The Morgan fingerprint density at radius 1 is 1.45 bits per heavy atom. The predicted octanol–water partition coefficient (Wildman–Crippen LogP) is 1.76. The highest BCUT2D eigenvalue weighted by molar-refractivity contribution is 6.30. The first-order valence-corrected chi connectivity index (χ1v) is 3.73. The summed E-state index contributed by atoms with van der Waals surface area (Å²) in [7, 11) is 1.85. The molecule has 1 rings (SSSR count). The summed E-state index contributed by atoms with van der Waals surface area (Å²) >= 11 is 5.70. The number of hydrogen-bond acceptors (Lipinski definition) is 2. The predicted molar refractivity (Wildman–Crippen MR) is 45.9 cm³/mol. The molecule has 1 aromatic carbocycles. The van der Waals surface area contributed by atoms with E-state index in [0.29, 0.717) is 11.6 Å². The lowest BCUT2D eigenvalue weighted by atomic mass is 10.2. The zero-order chi connectivity index (χ0) is 8.27. The number of aromatic hydroxyl groups is 1. The third kappa shape index (κ3) is 2.41. The summed E-state index contributed by atoms with van der Waals surface area (Å²) in [5.74, 6) is 0.211. The van der Waals surface area contributed by atoms with E-state index in [1.165, 1.54) is 6.07 Å². The molecular formula is C8H10ClNO. The summed E-state index contributed by atoms with van der Waals surface area (Å²) in [4.78, 5) is 0. The van der Waals surface area contributed by atoms with Gasteiger partial charge in [-0.1, -0.05) is 11.6 Å². The summed E-state index contributed by atoms with van der Waals surface area (Å²) in [5.41, 5.74) is 0.984. The molecule has 60 valence electrons. The third-order valence-electron chi connectivity index (χ3n) is 1.32. The zero-order valence-corrected chi connectivity index (χ0v) is 7.02. The lowest BCUT2D eigenvalue weighted by Gasteiger charge is -2.01. The molecule has 11 heavy (non-hydrogen) atoms. The minimum Gasteiger partial charge on any atom is -0.508 e. The average molecular weight is 172 g/mol. The molecule has 3 heteroatoms. The van der Waals surface area contributed by atoms with E-state index in [-0.39, 0.29) is 5.75 Å². The van der Waals surface area contributed by atoms with E-state index < -0.39 is 0 Å². The number of hydrogen-bond donors (Lipinski definition) is 2. The van der Waals surface area contributed by atoms with Crippen LogP contribution in [0, 0.1) is 0 Å². The van der Waals surface area contributed by atoms with Crippen LogP contribution < -0.4 is 5.32 Å². The molecule has 0 bridgehead atoms. The quantitative estimate of drug-likeness (QED) is 0.711. The second kappa shape index (κ2) is 3.60. The molecule has 0 radical (unpaired) electrons. The van der Waals surface area contributed by atoms with Gasteiger partial charge >= 0.3 is 0 Å². The lowest BCUT2D eigenvalue weighted by molar-refractivity contribution is 0.474. The van der Waals surface area contributed by atoms with Gasteiger partial charge in [-0.25, -0.2) is 0 Å². The van der Waals surface area contributed by atoms with Gasteiger partial charge in [0.25, 0.3) is 0 Å². The molecule has 0 saturated carbocycles. The van der Waals surface area contributed by atoms with Gasteiger partial charge in [0.05, 0.1) is 0 Å². The maximum atomic E-state index is 9.11. The summed E-state index contributed by atoms with van der Waals surface area (Å²) in [6, 6.07) is 5.01. The van der Waals surface area contributed by atoms with Crippen molar-refractivity contribution in [2.45, 2.75) is 6.54 Å². The summed E-state index contributed by atoms with van der Waals surface area (Å²) in [6.07, 6.45) is 0. The van der Waals surface area contributed by atoms with Gasteiger partial charge in [0.15, 0.2) is 0 Å². The fourth-order valence-electron chi connectivity index (χ4n) is 0.940. The number of phenolic OH excluding ortho intramolecular Hbond substituents is 1. The summed E-state index contributed by atoms with van der Waals surface area (Å²) in [6.45, 7) is 0.716. The highest BCUT2D eigenvalue weighted by Crippen LogP contribution is 2.19. The minimum atomic E-state index is 0.211. The standard InChI is InChI=1S/C8H10ClNO/c1-10-5-6-2-7(9)4-8(11)3-6/h2-4,10-11H,5H2,1H3. The molecule has 1 aromatic rings. The fourth-order valence-corrected chi connectivity index (χ4v) is 1.19. The maximum Gasteiger partial charge on any atom is 0.117 e. The van der Waals surface area contributed by atoms with Crippen LogP contribution in [-0.2, 0) is 6.54 Å². The van der Waals surface area contributed by atoms with Crippen molar-refractivity contribution in [1.29, 1.82) is 0 Å². The number of rotatable bonds is 2. The highest BCUT2D eigenvalue weighted by atomic mass is 35.5. The Hall–Kier alpha value is -0.730. The van der Waals surface area contributed by atoms with Gasteiger partial charge in [0.2, 0.25) is 0 Å². The highest BCUT2D eigenvalue weighted by Gasteiger charge is 1.96. The number of nitrogens with one attached hydrogen (secondary N) is 1. The third-order valence-corrected chi connectivity index (χ3v) is 1.54. The van der Waals surface area contributed by atoms with Crippen molar-refractivity contribution in [3.63, 3.8) is 0 Å². The van der Waals surface area contributed by atoms with Crippen LogP contribution >= 0.6 is 11.6 Å². The van der Waals surface area contributed by atoms with E-state index in [1.807, 2.05) is 13.1 Å². The van der Waals surface area contributed by atoms with Crippen LogP contribution in [0.2, 0.25) is 5.02 Å². The summed E-state index contributed by atoms with van der Waals surface area (Å²) < 4.78 is 0. The Kier molecular flexibility index (Phi) is 2.74. The molecular weight excluding hydrogens is 162 g/mol. The Morgan fingerprint density at radius 2 is 2.18 bits per heavy atom. The second-order valence-corrected chi connectivity index (χ2v) is 2.78. The van der Waals surface area contributed by atoms with Crippen molar-refractivity contribution in [3.05, 3.63) is 28.8 Å². The van der Waals surface area contributed by atoms with Gasteiger partial charge in [-0.15, -0.1) is 0 Å². The number of phenols is 1. The molecule has 0 spiro atoms. The normalized spacial score (nSPS) is 10.0. The molecule has 0 aliphatic heterocycles. The van der Waals surface area contributed by atoms with Crippen LogP contribution in [0.4, 0.5) is 0 Å². The monoisotopic (exact) mass is 171 g/mol. The summed E-state index contributed by atoms with van der Waals surface area (Å²) in [5, 5.41) is 12.6. The van der Waals surface area contributed by atoms with Crippen molar-refractivity contribution >= 4 is 11.6 Å². The Bertz CT molecular complexity index is 230. The van der Waals surface area contributed by atoms with Crippen molar-refractivity contribution in [2.24, 2.45) is 0 Å². The first kappa shape index (κ1) is 8.37. The molecule has 2 nitrogen and oxygen atoms in total. The largest absolute Gasteiger partial charge is 0.508 e. The molecule has 0 aliphatic rings. The second-order valence-electron chi connectivity index (χ2n) is 2.35. The number of halogens is 1. The van der Waals surface area contributed by atoms with Crippen molar-refractivity contribution in [1.82, 2.24) is 5.32 Å². The Morgan fingerprint density at radius 3 is 2.73 bits per heavy atom. The van der Waals surface area contributed by atoms with E-state index in [4.69, 9.17) is 16.7 Å². The maximum absolute atomic E-state index is 9.11. The van der Waals surface area contributed by atoms with E-state index in [9.17, 15) is 0 Å². The SMILES string of the molecule is CNCc1cc(O)cc(Cl)c1. The molecule has 0 aromatic heterocycles. The average Bonchev–Trinajstić information content (AvgIpc) is 1.85. The van der Waals surface area contributed by atoms with Gasteiger partial charge in [0.1, 0.15) is 5.75 Å². The minimum absolute atomic E-state index is 0.211. The topological polar surface area (TPSA) is 32.3 Å². The Labute approximate surface area is 70.8 Å². The van der Waals surface area contributed by atoms with Crippen LogP contribution in [0.1, 0.15) is 5.56 Å². The van der Waals surface area contributed by atoms with Crippen molar-refractivity contribution < 1.29 is 5.11 Å². The molecule has 0 saturated heterocycles. The molecule has 0 fully saturated rings. The van der Waals surface area contributed by atoms with Gasteiger partial charge in [-0.05, 0) is 30.8 Å². The van der Waals surface area contributed by atoms with Crippen molar-refractivity contribution in [3.8, 4) is 5.75 Å². The van der Waals surface area contributed by atoms with Crippen LogP contribution in [-0.4, -0.2) is 12.2 Å². The van der Waals surface area contributed by atoms with Crippen LogP contribution in [0.25, 0.3) is 0 Å². The Balaban J connectivity index is 2.89. The van der Waals surface area contributed by atoms with E-state index in [0.717, 1.165) is 5.56 Å². The van der Waals surface area contributed by atoms with E-state index >= 15 is 0 Å². The first-order valence-electron chi connectivity index (χ1n) is 3.35. The molecule has 0 atom stereocenters. The first-order chi connectivity index (χ1) is 5.22. The molecule has 0 heterocycles. The molecule has 0 aliphatic carbocycles. The van der Waals surface area contributed by atoms with Crippen LogP contribution in [0.5, 0.6) is 5.75 Å². The van der Waals surface area contributed by atoms with Gasteiger partial charge in [0, 0.05) is 11.6 Å². The fraction of sp³-hybridized carbons (Fsp3) is 0.250. The number of benzene rings is 1. The van der Waals surface area contributed by atoms with Crippen LogP contribution in [0.15, 0.2) is 18.2 Å². The van der Waals surface area contributed by atoms with Gasteiger partial charge < -0.3 is 10.4 Å².